The maximum Gasteiger partial charge on any atom is 0.173 e. The first-order chi connectivity index (χ1) is 6.15. The highest BCUT2D eigenvalue weighted by atomic mass is 32.2. The topological polar surface area (TPSA) is 17.1 Å². The summed E-state index contributed by atoms with van der Waals surface area (Å²) in [5, 5.41) is 0. The van der Waals surface area contributed by atoms with Crippen LogP contribution in [0, 0.1) is 17.3 Å². The molecule has 1 fully saturated rings. The Labute approximate surface area is 82.3 Å². The molecule has 0 aromatic rings. The van der Waals surface area contributed by atoms with E-state index >= 15 is 0 Å². The summed E-state index contributed by atoms with van der Waals surface area (Å²) in [6, 6.07) is 0. The fourth-order valence-corrected chi connectivity index (χ4v) is 4.13. The number of Topliss-reactive ketones (excluding diaryl/α,β-unsaturated/α-hetero) is 1. The molecule has 1 nitrogen and oxygen atoms in total. The van der Waals surface area contributed by atoms with Crippen LogP contribution in [0.4, 0.5) is 0 Å². The molecule has 0 radical (unpaired) electrons. The van der Waals surface area contributed by atoms with E-state index in [0.717, 1.165) is 11.5 Å². The molecule has 0 amide bonds. The van der Waals surface area contributed by atoms with Crippen molar-refractivity contribution in [1.29, 1.82) is 0 Å². The number of carbonyl (C=O) groups is 1. The number of allylic oxidation sites excluding steroid dienone is 4. The molecular weight excluding hydrogens is 180 g/mol. The highest BCUT2D eigenvalue weighted by molar-refractivity contribution is 8.04. The van der Waals surface area contributed by atoms with Crippen LogP contribution in [0.15, 0.2) is 22.6 Å². The van der Waals surface area contributed by atoms with Gasteiger partial charge in [0.25, 0.3) is 0 Å². The molecule has 3 atom stereocenters. The van der Waals surface area contributed by atoms with Gasteiger partial charge in [0, 0.05) is 15.9 Å². The Balaban J connectivity index is 2.14. The van der Waals surface area contributed by atoms with Crippen LogP contribution in [0.5, 0.6) is 0 Å². The molecule has 2 heteroatoms. The van der Waals surface area contributed by atoms with Gasteiger partial charge in [-0.3, -0.25) is 4.79 Å². The van der Waals surface area contributed by atoms with E-state index in [4.69, 9.17) is 0 Å². The third kappa shape index (κ3) is 0.738. The second-order valence-corrected chi connectivity index (χ2v) is 5.40. The van der Waals surface area contributed by atoms with Gasteiger partial charge in [0.1, 0.15) is 0 Å². The van der Waals surface area contributed by atoms with Crippen molar-refractivity contribution < 1.29 is 4.79 Å². The van der Waals surface area contributed by atoms with Crippen molar-refractivity contribution in [2.75, 3.05) is 5.75 Å². The minimum atomic E-state index is 0.320. The van der Waals surface area contributed by atoms with Crippen molar-refractivity contribution in [3.8, 4) is 0 Å². The molecule has 0 aromatic heterocycles. The lowest BCUT2D eigenvalue weighted by molar-refractivity contribution is -0.112. The smallest absolute Gasteiger partial charge is 0.173 e. The average molecular weight is 192 g/mol. The SMILES string of the molecule is CC1C2C=CC3=C(SCC3=O)C12C. The van der Waals surface area contributed by atoms with Crippen LogP contribution in [0.1, 0.15) is 13.8 Å². The molecule has 0 spiro atoms. The molecule has 0 aromatic carbocycles. The minimum absolute atomic E-state index is 0.320. The van der Waals surface area contributed by atoms with E-state index in [1.54, 1.807) is 11.8 Å². The molecule has 3 aliphatic rings. The Kier molecular flexibility index (Phi) is 1.28. The summed E-state index contributed by atoms with van der Waals surface area (Å²) in [6.45, 7) is 4.58. The molecule has 1 aliphatic heterocycles. The normalized spacial score (nSPS) is 46.5. The van der Waals surface area contributed by atoms with E-state index in [-0.39, 0.29) is 0 Å². The number of fused-ring (bicyclic) bond motifs is 2. The van der Waals surface area contributed by atoms with Gasteiger partial charge in [0.2, 0.25) is 0 Å². The lowest BCUT2D eigenvalue weighted by atomic mass is 9.94. The van der Waals surface area contributed by atoms with Crippen molar-refractivity contribution in [3.63, 3.8) is 0 Å². The van der Waals surface area contributed by atoms with Gasteiger partial charge in [-0.15, -0.1) is 11.8 Å². The van der Waals surface area contributed by atoms with Crippen molar-refractivity contribution in [3.05, 3.63) is 22.6 Å². The van der Waals surface area contributed by atoms with Crippen molar-refractivity contribution >= 4 is 17.5 Å². The molecule has 13 heavy (non-hydrogen) atoms. The van der Waals surface area contributed by atoms with Gasteiger partial charge >= 0.3 is 0 Å². The van der Waals surface area contributed by atoms with Crippen LogP contribution in [-0.2, 0) is 4.79 Å². The molecule has 0 saturated heterocycles. The quantitative estimate of drug-likeness (QED) is 0.586. The summed E-state index contributed by atoms with van der Waals surface area (Å²) in [5.41, 5.74) is 1.33. The van der Waals surface area contributed by atoms with Crippen molar-refractivity contribution in [2.24, 2.45) is 17.3 Å². The second-order valence-electron chi connectivity index (χ2n) is 4.41. The van der Waals surface area contributed by atoms with Gasteiger partial charge in [-0.05, 0) is 11.8 Å². The number of carbonyl (C=O) groups excluding carboxylic acids is 1. The van der Waals surface area contributed by atoms with E-state index in [1.165, 1.54) is 4.91 Å². The fraction of sp³-hybridized carbons (Fsp3) is 0.545. The summed E-state index contributed by atoms with van der Waals surface area (Å²) in [5.74, 6) is 2.43. The van der Waals surface area contributed by atoms with E-state index in [0.29, 0.717) is 22.9 Å². The highest BCUT2D eigenvalue weighted by Crippen LogP contribution is 2.69. The number of hydrogen-bond donors (Lipinski definition) is 0. The monoisotopic (exact) mass is 192 g/mol. The van der Waals surface area contributed by atoms with Crippen LogP contribution in [0.25, 0.3) is 0 Å². The summed E-state index contributed by atoms with van der Waals surface area (Å²) >= 11 is 1.77. The Morgan fingerprint density at radius 1 is 1.62 bits per heavy atom. The van der Waals surface area contributed by atoms with E-state index in [1.807, 2.05) is 6.08 Å². The first-order valence-electron chi connectivity index (χ1n) is 4.74. The minimum Gasteiger partial charge on any atom is -0.293 e. The first kappa shape index (κ1) is 7.86. The van der Waals surface area contributed by atoms with Crippen LogP contribution in [0.3, 0.4) is 0 Å². The van der Waals surface area contributed by atoms with E-state index in [9.17, 15) is 4.79 Å². The van der Waals surface area contributed by atoms with Gasteiger partial charge < -0.3 is 0 Å². The van der Waals surface area contributed by atoms with Gasteiger partial charge in [0.05, 0.1) is 5.75 Å². The Morgan fingerprint density at radius 2 is 2.38 bits per heavy atom. The zero-order valence-corrected chi connectivity index (χ0v) is 8.65. The molecule has 1 saturated carbocycles. The lowest BCUT2D eigenvalue weighted by Gasteiger charge is -2.15. The van der Waals surface area contributed by atoms with Crippen LogP contribution >= 0.6 is 11.8 Å². The Morgan fingerprint density at radius 3 is 3.15 bits per heavy atom. The molecule has 1 heterocycles. The molecule has 0 N–H and O–H groups in total. The molecule has 3 unspecified atom stereocenters. The van der Waals surface area contributed by atoms with E-state index < -0.39 is 0 Å². The lowest BCUT2D eigenvalue weighted by Crippen LogP contribution is -2.06. The zero-order valence-electron chi connectivity index (χ0n) is 7.83. The first-order valence-corrected chi connectivity index (χ1v) is 5.73. The number of ketones is 1. The van der Waals surface area contributed by atoms with Crippen molar-refractivity contribution in [1.82, 2.24) is 0 Å². The van der Waals surface area contributed by atoms with E-state index in [2.05, 4.69) is 19.9 Å². The number of hydrogen-bond acceptors (Lipinski definition) is 2. The van der Waals surface area contributed by atoms with Gasteiger partial charge in [-0.25, -0.2) is 0 Å². The Hall–Kier alpha value is -0.500. The number of rotatable bonds is 0. The second kappa shape index (κ2) is 2.11. The number of thioether (sulfide) groups is 1. The fourth-order valence-electron chi connectivity index (χ4n) is 2.73. The predicted octanol–water partition coefficient (Wildman–Crippen LogP) is 2.40. The third-order valence-corrected chi connectivity index (χ3v) is 5.27. The van der Waals surface area contributed by atoms with Crippen LogP contribution in [0.2, 0.25) is 0 Å². The zero-order chi connectivity index (χ0) is 9.22. The van der Waals surface area contributed by atoms with Crippen molar-refractivity contribution in [2.45, 2.75) is 13.8 Å². The van der Waals surface area contributed by atoms with Gasteiger partial charge in [0.15, 0.2) is 5.78 Å². The van der Waals surface area contributed by atoms with Gasteiger partial charge in [-0.2, -0.15) is 0 Å². The summed E-state index contributed by atoms with van der Waals surface area (Å²) < 4.78 is 0. The average Bonchev–Trinajstić information content (AvgIpc) is 2.50. The summed E-state index contributed by atoms with van der Waals surface area (Å²) in [4.78, 5) is 12.9. The molecule has 68 valence electrons. The summed E-state index contributed by atoms with van der Waals surface area (Å²) in [7, 11) is 0. The standard InChI is InChI=1S/C11H12OS/c1-6-8-4-3-7-9(12)5-13-10(7)11(6,8)2/h3-4,6,8H,5H2,1-2H3. The summed E-state index contributed by atoms with van der Waals surface area (Å²) in [6.07, 6.45) is 4.28. The predicted molar refractivity (Wildman–Crippen MR) is 54.4 cm³/mol. The van der Waals surface area contributed by atoms with Crippen LogP contribution in [-0.4, -0.2) is 11.5 Å². The Bertz CT molecular complexity index is 366. The van der Waals surface area contributed by atoms with Gasteiger partial charge in [-0.1, -0.05) is 26.0 Å². The maximum atomic E-state index is 11.5. The highest BCUT2D eigenvalue weighted by Gasteiger charge is 2.62. The molecule has 3 rings (SSSR count). The third-order valence-electron chi connectivity index (χ3n) is 3.92. The molecule has 2 aliphatic carbocycles. The molecular formula is C11H12OS. The largest absolute Gasteiger partial charge is 0.293 e. The molecule has 0 bridgehead atoms. The maximum absolute atomic E-state index is 11.5. The van der Waals surface area contributed by atoms with Crippen LogP contribution < -0.4 is 0 Å².